The highest BCUT2D eigenvalue weighted by atomic mass is 16.5. The van der Waals surface area contributed by atoms with Crippen LogP contribution < -0.4 is 5.32 Å². The third-order valence-electron chi connectivity index (χ3n) is 2.59. The van der Waals surface area contributed by atoms with E-state index in [0.717, 1.165) is 17.7 Å². The molecule has 1 amide bonds. The van der Waals surface area contributed by atoms with Gasteiger partial charge in [-0.25, -0.2) is 0 Å². The number of amides is 1. The molecule has 2 aromatic rings. The number of benzene rings is 1. The number of carbonyl (C=O) groups is 1. The van der Waals surface area contributed by atoms with Crippen LogP contribution >= 0.6 is 0 Å². The number of aromatic nitrogens is 2. The molecule has 98 valence electrons. The van der Waals surface area contributed by atoms with Gasteiger partial charge in [-0.3, -0.25) is 4.79 Å². The highest BCUT2D eigenvalue weighted by molar-refractivity contribution is 5.98. The molecule has 0 unspecified atom stereocenters. The highest BCUT2D eigenvalue weighted by Crippen LogP contribution is 2.13. The van der Waals surface area contributed by atoms with Crippen LogP contribution in [-0.2, 0) is 17.6 Å². The van der Waals surface area contributed by atoms with Crippen molar-refractivity contribution in [1.82, 2.24) is 10.1 Å². The Kier molecular flexibility index (Phi) is 4.07. The summed E-state index contributed by atoms with van der Waals surface area (Å²) in [4.78, 5) is 15.4. The van der Waals surface area contributed by atoms with Gasteiger partial charge in [0.15, 0.2) is 5.82 Å². The summed E-state index contributed by atoms with van der Waals surface area (Å²) >= 11 is 0. The quantitative estimate of drug-likeness (QED) is 0.835. The summed E-state index contributed by atoms with van der Waals surface area (Å²) in [7, 11) is 0. The standard InChI is InChI=1S/C14H15N3O2/c1-3-12-16-14(19-17-12)9-10-5-7-11(8-6-10)15-13(18)4-2/h4-8H,2-3,9H2,1H3,(H,15,18). The summed E-state index contributed by atoms with van der Waals surface area (Å²) in [5, 5.41) is 6.53. The Morgan fingerprint density at radius 1 is 1.42 bits per heavy atom. The average Bonchev–Trinajstić information content (AvgIpc) is 2.88. The molecular weight excluding hydrogens is 242 g/mol. The fourth-order valence-electron chi connectivity index (χ4n) is 1.58. The van der Waals surface area contributed by atoms with Crippen molar-refractivity contribution in [1.29, 1.82) is 0 Å². The molecule has 1 heterocycles. The van der Waals surface area contributed by atoms with Crippen molar-refractivity contribution in [3.05, 3.63) is 54.2 Å². The van der Waals surface area contributed by atoms with Crippen molar-refractivity contribution < 1.29 is 9.32 Å². The smallest absolute Gasteiger partial charge is 0.247 e. The van der Waals surface area contributed by atoms with E-state index >= 15 is 0 Å². The Hall–Kier alpha value is -2.43. The molecule has 5 nitrogen and oxygen atoms in total. The van der Waals surface area contributed by atoms with E-state index in [1.807, 2.05) is 31.2 Å². The molecule has 1 aromatic carbocycles. The molecule has 0 spiro atoms. The SMILES string of the molecule is C=CC(=O)Nc1ccc(Cc2nc(CC)no2)cc1. The van der Waals surface area contributed by atoms with Crippen molar-refractivity contribution in [2.75, 3.05) is 5.32 Å². The first-order chi connectivity index (χ1) is 9.21. The molecule has 0 radical (unpaired) electrons. The summed E-state index contributed by atoms with van der Waals surface area (Å²) in [6.07, 6.45) is 2.58. The first-order valence-electron chi connectivity index (χ1n) is 6.05. The van der Waals surface area contributed by atoms with Crippen LogP contribution in [0.15, 0.2) is 41.4 Å². The molecule has 0 aliphatic carbocycles. The Bertz CT molecular complexity index is 573. The molecule has 0 saturated carbocycles. The zero-order valence-corrected chi connectivity index (χ0v) is 10.7. The van der Waals surface area contributed by atoms with Gasteiger partial charge in [0.05, 0.1) is 6.42 Å². The van der Waals surface area contributed by atoms with Gasteiger partial charge >= 0.3 is 0 Å². The molecule has 0 saturated heterocycles. The van der Waals surface area contributed by atoms with Gasteiger partial charge < -0.3 is 9.84 Å². The van der Waals surface area contributed by atoms with E-state index in [0.29, 0.717) is 18.1 Å². The third kappa shape index (κ3) is 3.51. The van der Waals surface area contributed by atoms with E-state index in [1.165, 1.54) is 6.08 Å². The fourth-order valence-corrected chi connectivity index (χ4v) is 1.58. The maximum Gasteiger partial charge on any atom is 0.247 e. The summed E-state index contributed by atoms with van der Waals surface area (Å²) in [5.74, 6) is 1.09. The molecule has 0 aliphatic rings. The monoisotopic (exact) mass is 257 g/mol. The van der Waals surface area contributed by atoms with Crippen molar-refractivity contribution >= 4 is 11.6 Å². The lowest BCUT2D eigenvalue weighted by molar-refractivity contribution is -0.111. The highest BCUT2D eigenvalue weighted by Gasteiger charge is 2.06. The van der Waals surface area contributed by atoms with Crippen LogP contribution in [0.1, 0.15) is 24.2 Å². The number of nitrogens with one attached hydrogen (secondary N) is 1. The van der Waals surface area contributed by atoms with Crippen LogP contribution in [0.2, 0.25) is 0 Å². The van der Waals surface area contributed by atoms with Gasteiger partial charge in [0.25, 0.3) is 0 Å². The molecule has 0 aliphatic heterocycles. The number of anilines is 1. The molecule has 0 bridgehead atoms. The van der Waals surface area contributed by atoms with Crippen LogP contribution in [0.25, 0.3) is 0 Å². The molecule has 19 heavy (non-hydrogen) atoms. The minimum absolute atomic E-state index is 0.225. The molecule has 5 heteroatoms. The van der Waals surface area contributed by atoms with Gasteiger partial charge in [0.1, 0.15) is 0 Å². The molecule has 1 N–H and O–H groups in total. The number of nitrogens with zero attached hydrogens (tertiary/aromatic N) is 2. The van der Waals surface area contributed by atoms with Crippen molar-refractivity contribution in [3.8, 4) is 0 Å². The van der Waals surface area contributed by atoms with Gasteiger partial charge in [0, 0.05) is 12.1 Å². The normalized spacial score (nSPS) is 10.2. The Balaban J connectivity index is 2.02. The van der Waals surface area contributed by atoms with Crippen molar-refractivity contribution in [2.45, 2.75) is 19.8 Å². The van der Waals surface area contributed by atoms with E-state index in [-0.39, 0.29) is 5.91 Å². The zero-order chi connectivity index (χ0) is 13.7. The third-order valence-corrected chi connectivity index (χ3v) is 2.59. The van der Waals surface area contributed by atoms with Gasteiger partial charge in [-0.1, -0.05) is 30.8 Å². The minimum atomic E-state index is -0.225. The minimum Gasteiger partial charge on any atom is -0.339 e. The predicted molar refractivity (Wildman–Crippen MR) is 71.8 cm³/mol. The number of carbonyl (C=O) groups excluding carboxylic acids is 1. The molecular formula is C14H15N3O2. The molecule has 2 rings (SSSR count). The van der Waals surface area contributed by atoms with Gasteiger partial charge in [-0.2, -0.15) is 4.98 Å². The van der Waals surface area contributed by atoms with Crippen molar-refractivity contribution in [3.63, 3.8) is 0 Å². The predicted octanol–water partition coefficient (Wildman–Crippen LogP) is 2.35. The maximum absolute atomic E-state index is 11.1. The number of rotatable bonds is 5. The zero-order valence-electron chi connectivity index (χ0n) is 10.7. The van der Waals surface area contributed by atoms with E-state index in [2.05, 4.69) is 22.0 Å². The van der Waals surface area contributed by atoms with Gasteiger partial charge in [-0.05, 0) is 23.8 Å². The van der Waals surface area contributed by atoms with Gasteiger partial charge in [0.2, 0.25) is 11.8 Å². The average molecular weight is 257 g/mol. The summed E-state index contributed by atoms with van der Waals surface area (Å²) in [5.41, 5.74) is 1.77. The van der Waals surface area contributed by atoms with Crippen molar-refractivity contribution in [2.24, 2.45) is 0 Å². The van der Waals surface area contributed by atoms with E-state index in [1.54, 1.807) is 0 Å². The van der Waals surface area contributed by atoms with E-state index in [9.17, 15) is 4.79 Å². The number of aryl methyl sites for hydroxylation is 1. The first-order valence-corrected chi connectivity index (χ1v) is 6.05. The molecule has 0 fully saturated rings. The largest absolute Gasteiger partial charge is 0.339 e. The Morgan fingerprint density at radius 3 is 2.74 bits per heavy atom. The number of hydrogen-bond acceptors (Lipinski definition) is 4. The summed E-state index contributed by atoms with van der Waals surface area (Å²) < 4.78 is 5.13. The van der Waals surface area contributed by atoms with E-state index < -0.39 is 0 Å². The van der Waals surface area contributed by atoms with Crippen LogP contribution in [0, 0.1) is 0 Å². The topological polar surface area (TPSA) is 68.0 Å². The van der Waals surface area contributed by atoms with Crippen LogP contribution in [-0.4, -0.2) is 16.0 Å². The lowest BCUT2D eigenvalue weighted by Crippen LogP contribution is -2.07. The lowest BCUT2D eigenvalue weighted by Gasteiger charge is -2.03. The molecule has 1 aromatic heterocycles. The lowest BCUT2D eigenvalue weighted by atomic mass is 10.1. The summed E-state index contributed by atoms with van der Waals surface area (Å²) in [6.45, 7) is 5.38. The van der Waals surface area contributed by atoms with E-state index in [4.69, 9.17) is 4.52 Å². The number of hydrogen-bond donors (Lipinski definition) is 1. The Morgan fingerprint density at radius 2 is 2.16 bits per heavy atom. The van der Waals surface area contributed by atoms with Gasteiger partial charge in [-0.15, -0.1) is 0 Å². The second-order valence-corrected chi connectivity index (χ2v) is 4.02. The first kappa shape index (κ1) is 13.0. The van der Waals surface area contributed by atoms with Crippen LogP contribution in [0.3, 0.4) is 0 Å². The summed E-state index contributed by atoms with van der Waals surface area (Å²) in [6, 6.07) is 7.48. The fraction of sp³-hybridized carbons (Fsp3) is 0.214. The Labute approximate surface area is 111 Å². The van der Waals surface area contributed by atoms with Crippen LogP contribution in [0.4, 0.5) is 5.69 Å². The second-order valence-electron chi connectivity index (χ2n) is 4.02. The van der Waals surface area contributed by atoms with Crippen LogP contribution in [0.5, 0.6) is 0 Å². The second kappa shape index (κ2) is 5.95. The maximum atomic E-state index is 11.1. The molecule has 0 atom stereocenters.